The molecule has 0 amide bonds. The molecular formula is C18H11F3N2. The first-order valence-corrected chi connectivity index (χ1v) is 7.07. The number of aromatic nitrogens is 2. The Morgan fingerprint density at radius 1 is 0.957 bits per heavy atom. The first kappa shape index (κ1) is 13.8. The second kappa shape index (κ2) is 4.84. The Morgan fingerprint density at radius 2 is 1.78 bits per heavy atom. The predicted octanol–water partition coefficient (Wildman–Crippen LogP) is 5.11. The van der Waals surface area contributed by atoms with Crippen molar-refractivity contribution in [2.24, 2.45) is 0 Å². The normalized spacial score (nSPS) is 11.5. The van der Waals surface area contributed by atoms with Gasteiger partial charge in [-0.25, -0.2) is 18.2 Å². The van der Waals surface area contributed by atoms with Gasteiger partial charge < -0.3 is 4.98 Å². The molecule has 2 aromatic carbocycles. The molecule has 1 N–H and O–H groups in total. The van der Waals surface area contributed by atoms with Gasteiger partial charge >= 0.3 is 0 Å². The molecule has 0 saturated heterocycles. The molecule has 2 nitrogen and oxygen atoms in total. The minimum atomic E-state index is -1.48. The van der Waals surface area contributed by atoms with Crippen LogP contribution >= 0.6 is 0 Å². The van der Waals surface area contributed by atoms with Crippen molar-refractivity contribution in [2.75, 3.05) is 0 Å². The van der Waals surface area contributed by atoms with Gasteiger partial charge in [-0.1, -0.05) is 17.7 Å². The molecule has 0 fully saturated rings. The molecule has 0 aliphatic heterocycles. The number of benzene rings is 2. The van der Waals surface area contributed by atoms with E-state index in [9.17, 15) is 13.2 Å². The highest BCUT2D eigenvalue weighted by Gasteiger charge is 2.18. The van der Waals surface area contributed by atoms with Gasteiger partial charge in [-0.3, -0.25) is 0 Å². The van der Waals surface area contributed by atoms with Crippen molar-refractivity contribution >= 4 is 21.8 Å². The summed E-state index contributed by atoms with van der Waals surface area (Å²) >= 11 is 0. The molecule has 0 saturated carbocycles. The summed E-state index contributed by atoms with van der Waals surface area (Å²) in [5, 5.41) is 1.25. The average Bonchev–Trinajstić information content (AvgIpc) is 2.96. The van der Waals surface area contributed by atoms with Crippen LogP contribution in [0, 0.1) is 24.4 Å². The number of pyridine rings is 1. The maximum Gasteiger partial charge on any atom is 0.196 e. The minimum absolute atomic E-state index is 0.0651. The molecule has 4 aromatic rings. The smallest absolute Gasteiger partial charge is 0.196 e. The number of aryl methyl sites for hydroxylation is 1. The maximum atomic E-state index is 13.8. The van der Waals surface area contributed by atoms with E-state index < -0.39 is 17.5 Å². The molecule has 0 spiro atoms. The predicted molar refractivity (Wildman–Crippen MR) is 83.6 cm³/mol. The molecule has 2 aromatic heterocycles. The van der Waals surface area contributed by atoms with Crippen molar-refractivity contribution < 1.29 is 13.2 Å². The van der Waals surface area contributed by atoms with E-state index in [0.717, 1.165) is 22.5 Å². The molecule has 4 rings (SSSR count). The summed E-state index contributed by atoms with van der Waals surface area (Å²) in [7, 11) is 0. The van der Waals surface area contributed by atoms with Crippen molar-refractivity contribution in [2.45, 2.75) is 6.92 Å². The van der Waals surface area contributed by atoms with Gasteiger partial charge in [-0.05, 0) is 31.2 Å². The third-order valence-electron chi connectivity index (χ3n) is 3.93. The van der Waals surface area contributed by atoms with Gasteiger partial charge in [0.15, 0.2) is 17.5 Å². The second-order valence-corrected chi connectivity index (χ2v) is 5.50. The Bertz CT molecular complexity index is 1070. The van der Waals surface area contributed by atoms with Gasteiger partial charge in [-0.2, -0.15) is 0 Å². The van der Waals surface area contributed by atoms with Crippen LogP contribution in [0.5, 0.6) is 0 Å². The van der Waals surface area contributed by atoms with E-state index >= 15 is 0 Å². The van der Waals surface area contributed by atoms with Crippen LogP contribution in [0.1, 0.15) is 5.56 Å². The number of hydrogen-bond donors (Lipinski definition) is 1. The first-order chi connectivity index (χ1) is 11.0. The van der Waals surface area contributed by atoms with Crippen molar-refractivity contribution in [3.63, 3.8) is 0 Å². The summed E-state index contributed by atoms with van der Waals surface area (Å²) in [5.41, 5.74) is 2.94. The fourth-order valence-corrected chi connectivity index (χ4v) is 2.78. The molecule has 0 atom stereocenters. The monoisotopic (exact) mass is 312 g/mol. The Balaban J connectivity index is 1.97. The van der Waals surface area contributed by atoms with E-state index in [1.807, 2.05) is 31.2 Å². The molecule has 114 valence electrons. The number of rotatable bonds is 1. The van der Waals surface area contributed by atoms with Crippen LogP contribution in [0.3, 0.4) is 0 Å². The fourth-order valence-electron chi connectivity index (χ4n) is 2.78. The van der Waals surface area contributed by atoms with Gasteiger partial charge in [0.1, 0.15) is 0 Å². The number of aromatic amines is 1. The zero-order valence-electron chi connectivity index (χ0n) is 12.1. The number of halogens is 3. The fraction of sp³-hybridized carbons (Fsp3) is 0.0556. The Labute approximate surface area is 129 Å². The number of H-pyrrole nitrogens is 1. The molecule has 2 heterocycles. The highest BCUT2D eigenvalue weighted by Crippen LogP contribution is 2.32. The zero-order valence-corrected chi connectivity index (χ0v) is 12.1. The molecule has 0 radical (unpaired) electrons. The molecule has 0 aliphatic carbocycles. The zero-order chi connectivity index (χ0) is 16.1. The van der Waals surface area contributed by atoms with Crippen molar-refractivity contribution in [1.29, 1.82) is 0 Å². The Kier molecular flexibility index (Phi) is 2.91. The number of fused-ring (bicyclic) bond motifs is 2. The van der Waals surface area contributed by atoms with Crippen LogP contribution in [-0.4, -0.2) is 9.97 Å². The highest BCUT2D eigenvalue weighted by molar-refractivity contribution is 5.96. The topological polar surface area (TPSA) is 28.7 Å². The Morgan fingerprint density at radius 3 is 2.61 bits per heavy atom. The lowest BCUT2D eigenvalue weighted by Gasteiger charge is -2.04. The Hall–Kier alpha value is -2.82. The van der Waals surface area contributed by atoms with Crippen LogP contribution in [0.4, 0.5) is 13.2 Å². The standard InChI is InChI=1S/C18H11F3N2/c1-9-2-4-14-10(6-9)3-5-15(23-14)12-8-22-18-11(12)7-13(19)16(20)17(18)21/h2-8,22H,1H3. The summed E-state index contributed by atoms with van der Waals surface area (Å²) in [6.07, 6.45) is 1.51. The van der Waals surface area contributed by atoms with Gasteiger partial charge in [0, 0.05) is 22.5 Å². The molecule has 23 heavy (non-hydrogen) atoms. The second-order valence-electron chi connectivity index (χ2n) is 5.50. The van der Waals surface area contributed by atoms with Crippen LogP contribution in [0.25, 0.3) is 33.1 Å². The first-order valence-electron chi connectivity index (χ1n) is 7.07. The average molecular weight is 312 g/mol. The van der Waals surface area contributed by atoms with E-state index in [0.29, 0.717) is 11.3 Å². The molecule has 5 heteroatoms. The number of nitrogens with one attached hydrogen (secondary N) is 1. The van der Waals surface area contributed by atoms with Crippen LogP contribution in [0.2, 0.25) is 0 Å². The summed E-state index contributed by atoms with van der Waals surface area (Å²) in [5.74, 6) is -3.91. The summed E-state index contributed by atoms with van der Waals surface area (Å²) in [6.45, 7) is 1.99. The largest absolute Gasteiger partial charge is 0.358 e. The van der Waals surface area contributed by atoms with Gasteiger partial charge in [0.2, 0.25) is 0 Å². The summed E-state index contributed by atoms with van der Waals surface area (Å²) < 4.78 is 40.7. The molecule has 0 aliphatic rings. The van der Waals surface area contributed by atoms with E-state index in [2.05, 4.69) is 9.97 Å². The summed E-state index contributed by atoms with van der Waals surface area (Å²) in [4.78, 5) is 7.19. The highest BCUT2D eigenvalue weighted by atomic mass is 19.2. The van der Waals surface area contributed by atoms with E-state index in [1.165, 1.54) is 6.20 Å². The van der Waals surface area contributed by atoms with Crippen molar-refractivity contribution in [3.05, 3.63) is 65.6 Å². The van der Waals surface area contributed by atoms with Crippen molar-refractivity contribution in [1.82, 2.24) is 9.97 Å². The van der Waals surface area contributed by atoms with E-state index in [4.69, 9.17) is 0 Å². The van der Waals surface area contributed by atoms with Crippen LogP contribution in [-0.2, 0) is 0 Å². The van der Waals surface area contributed by atoms with E-state index in [1.54, 1.807) is 6.07 Å². The number of nitrogens with zero attached hydrogens (tertiary/aromatic N) is 1. The lowest BCUT2D eigenvalue weighted by Crippen LogP contribution is -1.92. The van der Waals surface area contributed by atoms with Crippen LogP contribution in [0.15, 0.2) is 42.6 Å². The van der Waals surface area contributed by atoms with Gasteiger partial charge in [-0.15, -0.1) is 0 Å². The van der Waals surface area contributed by atoms with Gasteiger partial charge in [0.25, 0.3) is 0 Å². The quantitative estimate of drug-likeness (QED) is 0.486. The molecule has 0 bridgehead atoms. The van der Waals surface area contributed by atoms with Crippen molar-refractivity contribution in [3.8, 4) is 11.3 Å². The summed E-state index contributed by atoms with van der Waals surface area (Å²) in [6, 6.07) is 10.5. The number of hydrogen-bond acceptors (Lipinski definition) is 1. The van der Waals surface area contributed by atoms with E-state index in [-0.39, 0.29) is 10.9 Å². The molecule has 0 unspecified atom stereocenters. The SMILES string of the molecule is Cc1ccc2nc(-c3c[nH]c4c(F)c(F)c(F)cc34)ccc2c1. The maximum absolute atomic E-state index is 13.8. The van der Waals surface area contributed by atoms with Crippen LogP contribution < -0.4 is 0 Å². The third kappa shape index (κ3) is 2.08. The molecular weight excluding hydrogens is 301 g/mol. The minimum Gasteiger partial charge on any atom is -0.358 e. The third-order valence-corrected chi connectivity index (χ3v) is 3.93. The van der Waals surface area contributed by atoms with Gasteiger partial charge in [0.05, 0.1) is 16.7 Å². The lowest BCUT2D eigenvalue weighted by atomic mass is 10.1. The lowest BCUT2D eigenvalue weighted by molar-refractivity contribution is 0.453.